The number of hydrogen-bond acceptors (Lipinski definition) is 3. The van der Waals surface area contributed by atoms with Gasteiger partial charge in [-0.15, -0.1) is 0 Å². The molecule has 0 radical (unpaired) electrons. The van der Waals surface area contributed by atoms with Gasteiger partial charge in [-0.2, -0.15) is 0 Å². The monoisotopic (exact) mass is 310 g/mol. The lowest BCUT2D eigenvalue weighted by atomic mass is 9.84. The van der Waals surface area contributed by atoms with Crippen LogP contribution in [0.1, 0.15) is 38.5 Å². The second kappa shape index (κ2) is 7.78. The van der Waals surface area contributed by atoms with Crippen molar-refractivity contribution in [3.8, 4) is 0 Å². The molecule has 21 heavy (non-hydrogen) atoms. The second-order valence-corrected chi connectivity index (χ2v) is 6.28. The largest absolute Gasteiger partial charge is 0.382 e. The summed E-state index contributed by atoms with van der Waals surface area (Å²) in [5.74, 6) is 0.0763. The number of nitrogens with one attached hydrogen (secondary N) is 1. The van der Waals surface area contributed by atoms with Crippen LogP contribution in [0.3, 0.4) is 0 Å². The van der Waals surface area contributed by atoms with Gasteiger partial charge in [0, 0.05) is 16.8 Å². The summed E-state index contributed by atoms with van der Waals surface area (Å²) in [4.78, 5) is 12.0. The molecule has 0 spiro atoms. The summed E-state index contributed by atoms with van der Waals surface area (Å²) in [5, 5.41) is 13.3. The van der Waals surface area contributed by atoms with E-state index >= 15 is 0 Å². The van der Waals surface area contributed by atoms with Gasteiger partial charge >= 0.3 is 0 Å². The number of hydrogen-bond donors (Lipinski definition) is 3. The molecule has 1 aromatic carbocycles. The van der Waals surface area contributed by atoms with Gasteiger partial charge in [-0.25, -0.2) is 0 Å². The number of halogens is 1. The number of nitrogens with two attached hydrogens (primary N) is 1. The maximum absolute atomic E-state index is 12.0. The lowest BCUT2D eigenvalue weighted by Crippen LogP contribution is -2.44. The third-order valence-corrected chi connectivity index (χ3v) is 4.37. The fourth-order valence-electron chi connectivity index (χ4n) is 2.88. The quantitative estimate of drug-likeness (QED) is 0.782. The lowest BCUT2D eigenvalue weighted by Gasteiger charge is -2.26. The van der Waals surface area contributed by atoms with Crippen LogP contribution in [0.4, 0.5) is 5.69 Å². The van der Waals surface area contributed by atoms with E-state index in [4.69, 9.17) is 17.3 Å². The molecule has 1 saturated carbocycles. The SMILES string of the molecule is N[C@H](CC1CCCCC1)C(O)C(=O)Nc1ccc(Cl)cc1. The van der Waals surface area contributed by atoms with Crippen LogP contribution in [0.5, 0.6) is 0 Å². The highest BCUT2D eigenvalue weighted by Gasteiger charge is 2.26. The molecule has 1 aromatic rings. The molecule has 0 aliphatic heterocycles. The first-order valence-corrected chi connectivity index (χ1v) is 7.94. The molecule has 1 unspecified atom stereocenters. The number of rotatable bonds is 5. The van der Waals surface area contributed by atoms with Crippen LogP contribution in [-0.4, -0.2) is 23.2 Å². The fourth-order valence-corrected chi connectivity index (χ4v) is 3.01. The summed E-state index contributed by atoms with van der Waals surface area (Å²) in [6.45, 7) is 0. The van der Waals surface area contributed by atoms with Crippen molar-refractivity contribution >= 4 is 23.2 Å². The molecule has 1 amide bonds. The molecule has 2 atom stereocenters. The van der Waals surface area contributed by atoms with E-state index in [0.717, 1.165) is 12.8 Å². The lowest BCUT2D eigenvalue weighted by molar-refractivity contribution is -0.125. The van der Waals surface area contributed by atoms with Gasteiger partial charge in [-0.3, -0.25) is 4.79 Å². The van der Waals surface area contributed by atoms with E-state index < -0.39 is 18.1 Å². The Hall–Kier alpha value is -1.10. The summed E-state index contributed by atoms with van der Waals surface area (Å²) in [7, 11) is 0. The molecule has 0 bridgehead atoms. The highest BCUT2D eigenvalue weighted by molar-refractivity contribution is 6.30. The van der Waals surface area contributed by atoms with Gasteiger partial charge in [0.1, 0.15) is 6.10 Å². The van der Waals surface area contributed by atoms with E-state index in [1.165, 1.54) is 19.3 Å². The van der Waals surface area contributed by atoms with Crippen molar-refractivity contribution in [2.75, 3.05) is 5.32 Å². The molecule has 4 nitrogen and oxygen atoms in total. The van der Waals surface area contributed by atoms with Crippen molar-refractivity contribution in [3.05, 3.63) is 29.3 Å². The van der Waals surface area contributed by atoms with Crippen LogP contribution < -0.4 is 11.1 Å². The van der Waals surface area contributed by atoms with Crippen LogP contribution >= 0.6 is 11.6 Å². The van der Waals surface area contributed by atoms with Gasteiger partial charge in [-0.05, 0) is 36.6 Å². The number of carbonyl (C=O) groups is 1. The minimum absolute atomic E-state index is 0.458. The van der Waals surface area contributed by atoms with E-state index in [-0.39, 0.29) is 0 Å². The Kier molecular flexibility index (Phi) is 6.03. The molecule has 2 rings (SSSR count). The first-order valence-electron chi connectivity index (χ1n) is 7.56. The third-order valence-electron chi connectivity index (χ3n) is 4.12. The maximum atomic E-state index is 12.0. The Morgan fingerprint density at radius 1 is 1.29 bits per heavy atom. The summed E-state index contributed by atoms with van der Waals surface area (Å²) in [5.41, 5.74) is 6.60. The Bertz CT molecular complexity index is 458. The maximum Gasteiger partial charge on any atom is 0.254 e. The van der Waals surface area contributed by atoms with Gasteiger partial charge in [-0.1, -0.05) is 43.7 Å². The number of carbonyl (C=O) groups excluding carboxylic acids is 1. The smallest absolute Gasteiger partial charge is 0.254 e. The van der Waals surface area contributed by atoms with Gasteiger partial charge < -0.3 is 16.2 Å². The van der Waals surface area contributed by atoms with Gasteiger partial charge in [0.15, 0.2) is 0 Å². The molecule has 0 saturated heterocycles. The third kappa shape index (κ3) is 4.99. The minimum Gasteiger partial charge on any atom is -0.382 e. The fraction of sp³-hybridized carbons (Fsp3) is 0.562. The van der Waals surface area contributed by atoms with Gasteiger partial charge in [0.05, 0.1) is 0 Å². The zero-order valence-electron chi connectivity index (χ0n) is 12.1. The molecule has 1 aliphatic carbocycles. The first-order chi connectivity index (χ1) is 10.1. The Labute approximate surface area is 130 Å². The van der Waals surface area contributed by atoms with Crippen molar-refractivity contribution in [2.24, 2.45) is 11.7 Å². The summed E-state index contributed by atoms with van der Waals surface area (Å²) in [6, 6.07) is 6.25. The predicted octanol–water partition coefficient (Wildman–Crippen LogP) is 2.94. The number of aliphatic hydroxyl groups excluding tert-OH is 1. The van der Waals surface area contributed by atoms with Crippen molar-refractivity contribution < 1.29 is 9.90 Å². The summed E-state index contributed by atoms with van der Waals surface area (Å²) in [6.07, 6.45) is 5.57. The average molecular weight is 311 g/mol. The first kappa shape index (κ1) is 16.3. The normalized spacial score (nSPS) is 19.0. The van der Waals surface area contributed by atoms with Crippen LogP contribution in [0.2, 0.25) is 5.02 Å². The van der Waals surface area contributed by atoms with Crippen LogP contribution in [0.15, 0.2) is 24.3 Å². The van der Waals surface area contributed by atoms with E-state index in [0.29, 0.717) is 23.0 Å². The van der Waals surface area contributed by atoms with Crippen molar-refractivity contribution in [3.63, 3.8) is 0 Å². The molecular weight excluding hydrogens is 288 g/mol. The van der Waals surface area contributed by atoms with Crippen LogP contribution in [0, 0.1) is 5.92 Å². The van der Waals surface area contributed by atoms with Crippen molar-refractivity contribution in [1.82, 2.24) is 0 Å². The molecular formula is C16H23ClN2O2. The standard InChI is InChI=1S/C16H23ClN2O2/c17-12-6-8-13(9-7-12)19-16(21)15(20)14(18)10-11-4-2-1-3-5-11/h6-9,11,14-15,20H,1-5,10,18H2,(H,19,21)/t14-,15?/m1/s1. The van der Waals surface area contributed by atoms with Crippen LogP contribution in [0.25, 0.3) is 0 Å². The van der Waals surface area contributed by atoms with Crippen molar-refractivity contribution in [1.29, 1.82) is 0 Å². The Balaban J connectivity index is 1.84. The number of amides is 1. The van der Waals surface area contributed by atoms with Gasteiger partial charge in [0.2, 0.25) is 0 Å². The number of benzene rings is 1. The van der Waals surface area contributed by atoms with E-state index in [9.17, 15) is 9.90 Å². The highest BCUT2D eigenvalue weighted by Crippen LogP contribution is 2.27. The van der Waals surface area contributed by atoms with E-state index in [2.05, 4.69) is 5.32 Å². The van der Waals surface area contributed by atoms with E-state index in [1.807, 2.05) is 0 Å². The zero-order valence-corrected chi connectivity index (χ0v) is 12.9. The minimum atomic E-state index is -1.18. The molecule has 1 aliphatic rings. The number of anilines is 1. The summed E-state index contributed by atoms with van der Waals surface area (Å²) < 4.78 is 0. The second-order valence-electron chi connectivity index (χ2n) is 5.84. The van der Waals surface area contributed by atoms with Gasteiger partial charge in [0.25, 0.3) is 5.91 Å². The molecule has 5 heteroatoms. The van der Waals surface area contributed by atoms with Crippen molar-refractivity contribution in [2.45, 2.75) is 50.7 Å². The molecule has 0 aromatic heterocycles. The molecule has 0 heterocycles. The topological polar surface area (TPSA) is 75.3 Å². The predicted molar refractivity (Wildman–Crippen MR) is 85.3 cm³/mol. The number of aliphatic hydroxyl groups is 1. The average Bonchev–Trinajstić information content (AvgIpc) is 2.49. The molecule has 1 fully saturated rings. The van der Waals surface area contributed by atoms with Crippen LogP contribution in [-0.2, 0) is 4.79 Å². The molecule has 116 valence electrons. The summed E-state index contributed by atoms with van der Waals surface area (Å²) >= 11 is 5.79. The Morgan fingerprint density at radius 2 is 1.90 bits per heavy atom. The molecule has 4 N–H and O–H groups in total. The zero-order chi connectivity index (χ0) is 15.2. The van der Waals surface area contributed by atoms with E-state index in [1.54, 1.807) is 24.3 Å². The Morgan fingerprint density at radius 3 is 2.52 bits per heavy atom. The highest BCUT2D eigenvalue weighted by atomic mass is 35.5.